The largest absolute Gasteiger partial charge is 0.370 e. The van der Waals surface area contributed by atoms with Crippen LogP contribution >= 0.6 is 11.3 Å². The van der Waals surface area contributed by atoms with Crippen LogP contribution in [0, 0.1) is 0 Å². The number of anilines is 1. The number of nitrogens with one attached hydrogen (secondary N) is 2. The zero-order valence-electron chi connectivity index (χ0n) is 13.1. The standard InChI is InChI=1S/C17H22N4OS/c22-17(20-10-4-9-19-16-6-1-2-8-18-16)21-11-3-5-15(21)14-7-12-23-13-14/h1-2,6-8,12-13,15H,3-5,9-11H2,(H,18,19)(H,20,22)/t15-/m0/s1. The van der Waals surface area contributed by atoms with E-state index in [-0.39, 0.29) is 12.1 Å². The number of amides is 2. The Morgan fingerprint density at radius 2 is 2.30 bits per heavy atom. The quantitative estimate of drug-likeness (QED) is 0.797. The summed E-state index contributed by atoms with van der Waals surface area (Å²) in [5, 5.41) is 10.5. The third-order valence-corrected chi connectivity index (χ3v) is 4.74. The molecule has 23 heavy (non-hydrogen) atoms. The maximum atomic E-state index is 12.4. The summed E-state index contributed by atoms with van der Waals surface area (Å²) in [6.45, 7) is 2.31. The van der Waals surface area contributed by atoms with Gasteiger partial charge in [-0.25, -0.2) is 9.78 Å². The van der Waals surface area contributed by atoms with Crippen molar-refractivity contribution >= 4 is 23.2 Å². The lowest BCUT2D eigenvalue weighted by Crippen LogP contribution is -2.40. The SMILES string of the molecule is O=C(NCCCNc1ccccn1)N1CCC[C@H]1c1ccsc1. The second-order valence-electron chi connectivity index (χ2n) is 5.64. The van der Waals surface area contributed by atoms with Gasteiger partial charge in [0.15, 0.2) is 0 Å². The second kappa shape index (κ2) is 7.97. The lowest BCUT2D eigenvalue weighted by molar-refractivity contribution is 0.193. The number of hydrogen-bond acceptors (Lipinski definition) is 4. The molecule has 3 heterocycles. The number of likely N-dealkylation sites (tertiary alicyclic amines) is 1. The van der Waals surface area contributed by atoms with Gasteiger partial charge in [0, 0.05) is 25.8 Å². The molecule has 3 rings (SSSR count). The van der Waals surface area contributed by atoms with E-state index < -0.39 is 0 Å². The Bertz CT molecular complexity index is 602. The molecule has 122 valence electrons. The molecule has 5 nitrogen and oxygen atoms in total. The van der Waals surface area contributed by atoms with Crippen molar-refractivity contribution in [3.05, 3.63) is 46.8 Å². The van der Waals surface area contributed by atoms with Crippen LogP contribution in [0.1, 0.15) is 30.9 Å². The molecule has 0 bridgehead atoms. The summed E-state index contributed by atoms with van der Waals surface area (Å²) >= 11 is 1.69. The molecular weight excluding hydrogens is 308 g/mol. The van der Waals surface area contributed by atoms with Crippen molar-refractivity contribution in [2.24, 2.45) is 0 Å². The zero-order valence-corrected chi connectivity index (χ0v) is 13.9. The number of carbonyl (C=O) groups excluding carboxylic acids is 1. The van der Waals surface area contributed by atoms with Gasteiger partial charge >= 0.3 is 6.03 Å². The Labute approximate surface area is 140 Å². The van der Waals surface area contributed by atoms with E-state index in [1.165, 1.54) is 5.56 Å². The van der Waals surface area contributed by atoms with Gasteiger partial charge in [-0.3, -0.25) is 0 Å². The Morgan fingerprint density at radius 3 is 3.09 bits per heavy atom. The zero-order chi connectivity index (χ0) is 15.9. The average molecular weight is 330 g/mol. The molecule has 2 amide bonds. The highest BCUT2D eigenvalue weighted by Gasteiger charge is 2.29. The van der Waals surface area contributed by atoms with Crippen LogP contribution in [0.5, 0.6) is 0 Å². The van der Waals surface area contributed by atoms with Crippen LogP contribution in [0.3, 0.4) is 0 Å². The molecule has 0 aromatic carbocycles. The fourth-order valence-electron chi connectivity index (χ4n) is 2.89. The molecule has 2 aromatic heterocycles. The summed E-state index contributed by atoms with van der Waals surface area (Å²) in [6.07, 6.45) is 4.78. The van der Waals surface area contributed by atoms with E-state index in [4.69, 9.17) is 0 Å². The lowest BCUT2D eigenvalue weighted by atomic mass is 10.1. The molecule has 2 N–H and O–H groups in total. The van der Waals surface area contributed by atoms with E-state index in [0.717, 1.165) is 38.2 Å². The molecule has 0 aliphatic carbocycles. The summed E-state index contributed by atoms with van der Waals surface area (Å²) in [6, 6.07) is 8.20. The van der Waals surface area contributed by atoms with Gasteiger partial charge < -0.3 is 15.5 Å². The Hall–Kier alpha value is -2.08. The van der Waals surface area contributed by atoms with Crippen molar-refractivity contribution in [2.45, 2.75) is 25.3 Å². The predicted molar refractivity (Wildman–Crippen MR) is 93.7 cm³/mol. The molecule has 0 radical (unpaired) electrons. The Kier molecular flexibility index (Phi) is 5.47. The fourth-order valence-corrected chi connectivity index (χ4v) is 3.60. The van der Waals surface area contributed by atoms with Crippen molar-refractivity contribution in [1.82, 2.24) is 15.2 Å². The van der Waals surface area contributed by atoms with Gasteiger partial charge in [-0.1, -0.05) is 6.07 Å². The van der Waals surface area contributed by atoms with Crippen molar-refractivity contribution in [3.8, 4) is 0 Å². The number of pyridine rings is 1. The maximum absolute atomic E-state index is 12.4. The highest BCUT2D eigenvalue weighted by molar-refractivity contribution is 7.07. The number of rotatable bonds is 6. The predicted octanol–water partition coefficient (Wildman–Crippen LogP) is 3.49. The number of hydrogen-bond donors (Lipinski definition) is 2. The third-order valence-electron chi connectivity index (χ3n) is 4.04. The monoisotopic (exact) mass is 330 g/mol. The number of thiophene rings is 1. The maximum Gasteiger partial charge on any atom is 0.317 e. The molecule has 1 aliphatic rings. The number of nitrogens with zero attached hydrogens (tertiary/aromatic N) is 2. The number of aromatic nitrogens is 1. The molecule has 1 aliphatic heterocycles. The van der Waals surface area contributed by atoms with Gasteiger partial charge in [0.1, 0.15) is 5.82 Å². The van der Waals surface area contributed by atoms with E-state index in [1.54, 1.807) is 17.5 Å². The summed E-state index contributed by atoms with van der Waals surface area (Å²) in [7, 11) is 0. The summed E-state index contributed by atoms with van der Waals surface area (Å²) in [5.74, 6) is 0.871. The van der Waals surface area contributed by atoms with Crippen LogP contribution in [-0.4, -0.2) is 35.5 Å². The Balaban J connectivity index is 1.39. The van der Waals surface area contributed by atoms with Gasteiger partial charge in [-0.05, 0) is 53.8 Å². The average Bonchev–Trinajstić information content (AvgIpc) is 3.26. The lowest BCUT2D eigenvalue weighted by Gasteiger charge is -2.24. The number of urea groups is 1. The van der Waals surface area contributed by atoms with Crippen LogP contribution in [0.15, 0.2) is 41.2 Å². The summed E-state index contributed by atoms with van der Waals surface area (Å²) < 4.78 is 0. The van der Waals surface area contributed by atoms with Gasteiger partial charge in [-0.2, -0.15) is 11.3 Å². The van der Waals surface area contributed by atoms with Crippen LogP contribution in [0.25, 0.3) is 0 Å². The highest BCUT2D eigenvalue weighted by atomic mass is 32.1. The summed E-state index contributed by atoms with van der Waals surface area (Å²) in [4.78, 5) is 18.5. The van der Waals surface area contributed by atoms with Crippen molar-refractivity contribution in [2.75, 3.05) is 25.0 Å². The molecule has 2 aromatic rings. The van der Waals surface area contributed by atoms with E-state index in [2.05, 4.69) is 32.4 Å². The third kappa shape index (κ3) is 4.22. The molecule has 6 heteroatoms. The van der Waals surface area contributed by atoms with Crippen LogP contribution in [0.4, 0.5) is 10.6 Å². The van der Waals surface area contributed by atoms with E-state index in [1.807, 2.05) is 23.1 Å². The molecular formula is C17H22N4OS. The van der Waals surface area contributed by atoms with Crippen LogP contribution in [0.2, 0.25) is 0 Å². The summed E-state index contributed by atoms with van der Waals surface area (Å²) in [5.41, 5.74) is 1.26. The van der Waals surface area contributed by atoms with E-state index in [9.17, 15) is 4.79 Å². The normalized spacial score (nSPS) is 17.2. The van der Waals surface area contributed by atoms with Crippen molar-refractivity contribution in [3.63, 3.8) is 0 Å². The Morgan fingerprint density at radius 1 is 1.35 bits per heavy atom. The minimum Gasteiger partial charge on any atom is -0.370 e. The van der Waals surface area contributed by atoms with Gasteiger partial charge in [0.2, 0.25) is 0 Å². The van der Waals surface area contributed by atoms with E-state index >= 15 is 0 Å². The number of carbonyl (C=O) groups is 1. The molecule has 0 spiro atoms. The van der Waals surface area contributed by atoms with Gasteiger partial charge in [-0.15, -0.1) is 0 Å². The van der Waals surface area contributed by atoms with Gasteiger partial charge in [0.25, 0.3) is 0 Å². The molecule has 0 saturated carbocycles. The molecule has 1 fully saturated rings. The minimum atomic E-state index is 0.0523. The molecule has 1 atom stereocenters. The van der Waals surface area contributed by atoms with Crippen molar-refractivity contribution in [1.29, 1.82) is 0 Å². The van der Waals surface area contributed by atoms with Gasteiger partial charge in [0.05, 0.1) is 6.04 Å². The first kappa shape index (κ1) is 15.8. The molecule has 1 saturated heterocycles. The van der Waals surface area contributed by atoms with Crippen LogP contribution in [-0.2, 0) is 0 Å². The first-order valence-electron chi connectivity index (χ1n) is 8.06. The minimum absolute atomic E-state index is 0.0523. The fraction of sp³-hybridized carbons (Fsp3) is 0.412. The van der Waals surface area contributed by atoms with E-state index in [0.29, 0.717) is 6.54 Å². The first-order valence-corrected chi connectivity index (χ1v) is 9.00. The smallest absolute Gasteiger partial charge is 0.317 e. The first-order chi connectivity index (χ1) is 11.3. The second-order valence-corrected chi connectivity index (χ2v) is 6.42. The van der Waals surface area contributed by atoms with Crippen LogP contribution < -0.4 is 10.6 Å². The topological polar surface area (TPSA) is 57.3 Å². The molecule has 0 unspecified atom stereocenters. The highest BCUT2D eigenvalue weighted by Crippen LogP contribution is 2.32. The van der Waals surface area contributed by atoms with Crippen molar-refractivity contribution < 1.29 is 4.79 Å².